The molecule has 2 fully saturated rings. The lowest BCUT2D eigenvalue weighted by atomic mass is 10.0. The summed E-state index contributed by atoms with van der Waals surface area (Å²) in [7, 11) is 0. The second-order valence-electron chi connectivity index (χ2n) is 19.8. The monoisotopic (exact) mass is 1150 g/mol. The first-order valence-electron chi connectivity index (χ1n) is 26.5. The van der Waals surface area contributed by atoms with Gasteiger partial charge in [0.25, 0.3) is 0 Å². The number of para-hydroxylation sites is 1. The number of carboxylic acid groups (broad SMARTS) is 3. The van der Waals surface area contributed by atoms with E-state index in [1.54, 1.807) is 18.3 Å². The van der Waals surface area contributed by atoms with Crippen molar-refractivity contribution in [1.82, 2.24) is 52.0 Å². The predicted molar refractivity (Wildman–Crippen MR) is 288 cm³/mol. The van der Waals surface area contributed by atoms with Crippen LogP contribution in [0.15, 0.2) is 35.5 Å². The number of nitrogens with zero attached hydrogens (tertiary/aromatic N) is 3. The summed E-state index contributed by atoms with van der Waals surface area (Å²) in [6, 6.07) is -5.84. The van der Waals surface area contributed by atoms with Crippen molar-refractivity contribution in [2.45, 2.75) is 145 Å². The second kappa shape index (κ2) is 31.7. The van der Waals surface area contributed by atoms with Gasteiger partial charge in [-0.2, -0.15) is 0 Å². The zero-order chi connectivity index (χ0) is 60.8. The maximum atomic E-state index is 14.2. The van der Waals surface area contributed by atoms with E-state index >= 15 is 0 Å². The third kappa shape index (κ3) is 20.0. The van der Waals surface area contributed by atoms with Gasteiger partial charge in [-0.05, 0) is 82.9 Å². The number of rotatable bonds is 33. The van der Waals surface area contributed by atoms with Crippen LogP contribution in [0.25, 0.3) is 10.9 Å². The molecule has 32 heteroatoms. The predicted octanol–water partition coefficient (Wildman–Crippen LogP) is -5.84. The van der Waals surface area contributed by atoms with Crippen molar-refractivity contribution in [3.63, 3.8) is 0 Å². The van der Waals surface area contributed by atoms with E-state index in [2.05, 4.69) is 47.2 Å². The molecule has 450 valence electrons. The van der Waals surface area contributed by atoms with Crippen molar-refractivity contribution in [3.05, 3.63) is 36.0 Å². The third-order valence-corrected chi connectivity index (χ3v) is 13.5. The molecular formula is C50H74N16O16. The molecule has 0 bridgehead atoms. The Bertz CT molecular complexity index is 2720. The number of likely N-dealkylation sites (tertiary alicyclic amines) is 2. The molecule has 9 atom stereocenters. The Kier molecular flexibility index (Phi) is 25.4. The fourth-order valence-corrected chi connectivity index (χ4v) is 9.32. The molecule has 4 rings (SSSR count). The van der Waals surface area contributed by atoms with Crippen LogP contribution in [0.1, 0.15) is 89.5 Å². The minimum Gasteiger partial charge on any atom is -0.481 e. The average molecular weight is 1160 g/mol. The number of amides is 10. The van der Waals surface area contributed by atoms with Gasteiger partial charge in [0.05, 0.1) is 31.8 Å². The molecule has 1 aromatic carbocycles. The van der Waals surface area contributed by atoms with E-state index in [1.165, 1.54) is 11.8 Å². The second-order valence-corrected chi connectivity index (χ2v) is 19.8. The van der Waals surface area contributed by atoms with Crippen molar-refractivity contribution >= 4 is 93.8 Å². The summed E-state index contributed by atoms with van der Waals surface area (Å²) in [6.07, 6.45) is 0.742. The van der Waals surface area contributed by atoms with Gasteiger partial charge in [-0.25, -0.2) is 4.79 Å². The number of carbonyl (C=O) groups excluding carboxylic acids is 10. The van der Waals surface area contributed by atoms with E-state index in [0.29, 0.717) is 24.8 Å². The van der Waals surface area contributed by atoms with E-state index in [9.17, 15) is 77.6 Å². The number of carboxylic acids is 3. The summed E-state index contributed by atoms with van der Waals surface area (Å²) in [4.78, 5) is 179. The highest BCUT2D eigenvalue weighted by Gasteiger charge is 2.42. The van der Waals surface area contributed by atoms with E-state index in [4.69, 9.17) is 28.7 Å². The first kappa shape index (κ1) is 65.6. The first-order valence-corrected chi connectivity index (χ1v) is 26.5. The van der Waals surface area contributed by atoms with Crippen LogP contribution in [0.5, 0.6) is 0 Å². The molecule has 10 amide bonds. The highest BCUT2D eigenvalue weighted by molar-refractivity contribution is 6.00. The van der Waals surface area contributed by atoms with Crippen LogP contribution in [0.2, 0.25) is 0 Å². The molecule has 0 saturated carbocycles. The number of H-pyrrole nitrogens is 1. The van der Waals surface area contributed by atoms with E-state index < -0.39 is 157 Å². The largest absolute Gasteiger partial charge is 0.481 e. The maximum absolute atomic E-state index is 14.2. The maximum Gasteiger partial charge on any atom is 0.326 e. The van der Waals surface area contributed by atoms with Gasteiger partial charge in [-0.15, -0.1) is 0 Å². The van der Waals surface area contributed by atoms with Crippen LogP contribution in [0, 0.1) is 0 Å². The Morgan fingerprint density at radius 1 is 0.659 bits per heavy atom. The minimum atomic E-state index is -1.89. The van der Waals surface area contributed by atoms with Crippen LogP contribution in [-0.4, -0.2) is 200 Å². The molecule has 0 unspecified atom stereocenters. The topological polar surface area (TPSA) is 532 Å². The lowest BCUT2D eigenvalue weighted by Crippen LogP contribution is -2.59. The molecule has 2 aromatic rings. The SMILES string of the molecule is C[C@H](NC(=O)[C@H](CC(=O)O)NC(=O)CNC(=O)[C@H](CC(=O)O)NC(=O)[C@@H]1CCCN1C(=O)[C@H](CC(N)=O)NC(=O)[C@@H](N)CCCN=C(N)N)C(=O)N[C@@H](CCCCN)C(=O)N1CCC[C@H]1C(=O)N[C@@H](Cc1c[nH]c2ccccc12)C(=O)O. The van der Waals surface area contributed by atoms with Gasteiger partial charge in [0.2, 0.25) is 59.1 Å². The lowest BCUT2D eigenvalue weighted by Gasteiger charge is -2.30. The van der Waals surface area contributed by atoms with Crippen molar-refractivity contribution in [2.24, 2.45) is 33.7 Å². The van der Waals surface area contributed by atoms with Crippen LogP contribution in [-0.2, 0) is 68.7 Å². The average Bonchev–Trinajstić information content (AvgIpc) is 4.36. The zero-order valence-electron chi connectivity index (χ0n) is 45.2. The van der Waals surface area contributed by atoms with Gasteiger partial charge in [0.1, 0.15) is 48.3 Å². The zero-order valence-corrected chi connectivity index (χ0v) is 45.2. The van der Waals surface area contributed by atoms with Crippen LogP contribution >= 0.6 is 0 Å². The number of aromatic amines is 1. The minimum absolute atomic E-state index is 0.00467. The number of hydrogen-bond donors (Lipinski definition) is 16. The summed E-state index contributed by atoms with van der Waals surface area (Å²) in [6.45, 7) is 0.603. The van der Waals surface area contributed by atoms with Gasteiger partial charge >= 0.3 is 17.9 Å². The fourth-order valence-electron chi connectivity index (χ4n) is 9.32. The van der Waals surface area contributed by atoms with Gasteiger partial charge < -0.3 is 96.0 Å². The Morgan fingerprint density at radius 2 is 1.23 bits per heavy atom. The Hall–Kier alpha value is -8.94. The van der Waals surface area contributed by atoms with Crippen molar-refractivity contribution in [3.8, 4) is 0 Å². The Labute approximate surface area is 469 Å². The lowest BCUT2D eigenvalue weighted by molar-refractivity contribution is -0.145. The summed E-state index contributed by atoms with van der Waals surface area (Å²) < 4.78 is 0. The van der Waals surface area contributed by atoms with Crippen molar-refractivity contribution in [2.75, 3.05) is 32.7 Å². The third-order valence-electron chi connectivity index (χ3n) is 13.5. The number of primary amides is 1. The van der Waals surface area contributed by atoms with Gasteiger partial charge in [-0.1, -0.05) is 18.2 Å². The first-order chi connectivity index (χ1) is 38.8. The Morgan fingerprint density at radius 3 is 1.80 bits per heavy atom. The molecule has 32 nitrogen and oxygen atoms in total. The number of nitrogens with two attached hydrogens (primary N) is 5. The molecular weight excluding hydrogens is 1080 g/mol. The number of fused-ring (bicyclic) bond motifs is 1. The van der Waals surface area contributed by atoms with E-state index in [1.807, 2.05) is 12.1 Å². The molecule has 2 aliphatic rings. The number of unbranched alkanes of at least 4 members (excludes halogenated alkanes) is 1. The summed E-state index contributed by atoms with van der Waals surface area (Å²) in [5, 5.41) is 46.3. The quantitative estimate of drug-likeness (QED) is 0.0180. The van der Waals surface area contributed by atoms with Crippen LogP contribution in [0.3, 0.4) is 0 Å². The number of hydrogen-bond acceptors (Lipinski definition) is 16. The van der Waals surface area contributed by atoms with Gasteiger partial charge in [0.15, 0.2) is 5.96 Å². The highest BCUT2D eigenvalue weighted by atomic mass is 16.4. The number of benzene rings is 1. The van der Waals surface area contributed by atoms with Gasteiger partial charge in [-0.3, -0.25) is 62.5 Å². The number of carbonyl (C=O) groups is 13. The molecule has 3 heterocycles. The number of guanidine groups is 1. The molecule has 0 spiro atoms. The van der Waals surface area contributed by atoms with Crippen molar-refractivity contribution < 1.29 is 77.6 Å². The fraction of sp³-hybridized carbons (Fsp3) is 0.560. The molecule has 82 heavy (non-hydrogen) atoms. The molecule has 2 aliphatic heterocycles. The van der Waals surface area contributed by atoms with Crippen molar-refractivity contribution in [1.29, 1.82) is 0 Å². The number of aliphatic imine (C=N–C) groups is 1. The normalized spacial score (nSPS) is 17.3. The van der Waals surface area contributed by atoms with E-state index in [0.717, 1.165) is 15.8 Å². The molecule has 21 N–H and O–H groups in total. The molecule has 2 saturated heterocycles. The van der Waals surface area contributed by atoms with Crippen LogP contribution < -0.4 is 65.9 Å². The number of aromatic nitrogens is 1. The number of nitrogens with one attached hydrogen (secondary N) is 8. The van der Waals surface area contributed by atoms with E-state index in [-0.39, 0.29) is 77.1 Å². The smallest absolute Gasteiger partial charge is 0.326 e. The summed E-state index contributed by atoms with van der Waals surface area (Å²) in [5.74, 6) is -14.3. The van der Waals surface area contributed by atoms with Crippen LogP contribution in [0.4, 0.5) is 0 Å². The Balaban J connectivity index is 1.36. The molecule has 0 radical (unpaired) electrons. The number of aliphatic carboxylic acids is 3. The molecule has 0 aliphatic carbocycles. The molecule has 1 aromatic heterocycles. The highest BCUT2D eigenvalue weighted by Crippen LogP contribution is 2.23. The summed E-state index contributed by atoms with van der Waals surface area (Å²) >= 11 is 0. The standard InChI is InChI=1S/C50H74N16O16/c1-25(41(73)61-30(12-4-5-15-51)47(79)65-17-7-14-36(65)46(78)64-34(49(81)82)19-26-23-57-29-11-3-2-9-27(26)29)59-44(76)32(22-40(71)72)60-38(68)24-58-43(75)31(21-39(69)70)62-45(77)35-13-8-18-66(35)48(80)33(20-37(53)67)63-42(74)28(52)10-6-16-56-50(54)55/h2-3,9,11,23,25,28,30-36,57H,4-8,10,12-22,24,51-52H2,1H3,(H2,53,67)(H,58,75)(H,59,76)(H,60,68)(H,61,73)(H,62,77)(H,63,74)(H,64,78)(H,69,70)(H,71,72)(H,81,82)(H4,54,55,56)/t25-,28-,30-,31-,32-,33-,34-,35-,36-/m0/s1. The van der Waals surface area contributed by atoms with Gasteiger partial charge in [0, 0.05) is 43.2 Å². The summed E-state index contributed by atoms with van der Waals surface area (Å²) in [5.41, 5.74) is 29.0.